The highest BCUT2D eigenvalue weighted by Crippen LogP contribution is 2.10. The topological polar surface area (TPSA) is 54.4 Å². The summed E-state index contributed by atoms with van der Waals surface area (Å²) in [7, 11) is -4.13. The summed E-state index contributed by atoms with van der Waals surface area (Å²) in [6.45, 7) is -0.481. The molecule has 0 aliphatic heterocycles. The predicted octanol–water partition coefficient (Wildman–Crippen LogP) is 1.45. The van der Waals surface area contributed by atoms with Crippen LogP contribution in [0.4, 0.5) is 4.39 Å². The number of hydrogen-bond acceptors (Lipinski definition) is 2. The summed E-state index contributed by atoms with van der Waals surface area (Å²) in [4.78, 5) is -0.171. The van der Waals surface area contributed by atoms with Crippen LogP contribution >= 0.6 is 0 Å². The lowest BCUT2D eigenvalue weighted by Crippen LogP contribution is -1.98. The first-order valence-electron chi connectivity index (χ1n) is 3.66. The van der Waals surface area contributed by atoms with Crippen LogP contribution in [0.1, 0.15) is 5.56 Å². The van der Waals surface area contributed by atoms with Crippen LogP contribution in [0.15, 0.2) is 29.2 Å². The van der Waals surface area contributed by atoms with Crippen LogP contribution in [0.5, 0.6) is 0 Å². The Morgan fingerprint density at radius 2 is 1.77 bits per heavy atom. The molecule has 0 aliphatic carbocycles. The van der Waals surface area contributed by atoms with E-state index in [9.17, 15) is 12.8 Å². The van der Waals surface area contributed by atoms with Crippen LogP contribution < -0.4 is 0 Å². The summed E-state index contributed by atoms with van der Waals surface area (Å²) in [5.41, 5.74) is 0.704. The SMILES string of the molecule is O=S(=O)(O)c1ccc(CCF)cc1. The summed E-state index contributed by atoms with van der Waals surface area (Å²) >= 11 is 0. The third-order valence-electron chi connectivity index (χ3n) is 1.60. The number of halogens is 1. The van der Waals surface area contributed by atoms with Crippen molar-refractivity contribution in [2.75, 3.05) is 6.67 Å². The van der Waals surface area contributed by atoms with Crippen LogP contribution in [0.2, 0.25) is 0 Å². The lowest BCUT2D eigenvalue weighted by molar-refractivity contribution is 0.483. The van der Waals surface area contributed by atoms with Crippen molar-refractivity contribution in [3.05, 3.63) is 29.8 Å². The molecule has 0 bridgehead atoms. The first-order valence-corrected chi connectivity index (χ1v) is 5.10. The van der Waals surface area contributed by atoms with E-state index >= 15 is 0 Å². The van der Waals surface area contributed by atoms with Gasteiger partial charge in [0.1, 0.15) is 0 Å². The molecule has 0 fully saturated rings. The Morgan fingerprint density at radius 3 is 2.15 bits per heavy atom. The Bertz CT molecular complexity index is 369. The molecule has 0 unspecified atom stereocenters. The maximum atomic E-state index is 11.8. The largest absolute Gasteiger partial charge is 0.294 e. The fourth-order valence-corrected chi connectivity index (χ4v) is 1.42. The molecule has 3 nitrogen and oxygen atoms in total. The molecule has 0 amide bonds. The molecule has 0 heterocycles. The molecule has 0 saturated heterocycles. The second kappa shape index (κ2) is 3.85. The van der Waals surface area contributed by atoms with Crippen molar-refractivity contribution in [3.63, 3.8) is 0 Å². The van der Waals surface area contributed by atoms with Gasteiger partial charge in [-0.25, -0.2) is 0 Å². The number of rotatable bonds is 3. The summed E-state index contributed by atoms with van der Waals surface area (Å²) < 4.78 is 41.6. The van der Waals surface area contributed by atoms with E-state index in [0.29, 0.717) is 5.56 Å². The van der Waals surface area contributed by atoms with E-state index in [1.807, 2.05) is 0 Å². The van der Waals surface area contributed by atoms with Crippen LogP contribution in [0, 0.1) is 0 Å². The third-order valence-corrected chi connectivity index (χ3v) is 2.47. The van der Waals surface area contributed by atoms with Crippen molar-refractivity contribution in [1.82, 2.24) is 0 Å². The van der Waals surface area contributed by atoms with Gasteiger partial charge in [0.15, 0.2) is 0 Å². The van der Waals surface area contributed by atoms with Gasteiger partial charge in [-0.05, 0) is 17.7 Å². The van der Waals surface area contributed by atoms with Gasteiger partial charge < -0.3 is 0 Å². The van der Waals surface area contributed by atoms with Gasteiger partial charge in [-0.1, -0.05) is 12.1 Å². The second-order valence-electron chi connectivity index (χ2n) is 2.56. The summed E-state index contributed by atoms with van der Waals surface area (Å²) in [6.07, 6.45) is 0.256. The Hall–Kier alpha value is -0.940. The van der Waals surface area contributed by atoms with Crippen LogP contribution in [-0.4, -0.2) is 19.6 Å². The van der Waals surface area contributed by atoms with Crippen molar-refractivity contribution in [2.45, 2.75) is 11.3 Å². The van der Waals surface area contributed by atoms with Gasteiger partial charge >= 0.3 is 0 Å². The van der Waals surface area contributed by atoms with E-state index in [1.165, 1.54) is 24.3 Å². The molecule has 0 spiro atoms. The minimum atomic E-state index is -4.13. The Morgan fingerprint density at radius 1 is 1.23 bits per heavy atom. The van der Waals surface area contributed by atoms with Crippen molar-refractivity contribution < 1.29 is 17.4 Å². The van der Waals surface area contributed by atoms with Gasteiger partial charge in [0, 0.05) is 6.42 Å². The molecule has 1 N–H and O–H groups in total. The lowest BCUT2D eigenvalue weighted by Gasteiger charge is -1.98. The molecule has 0 aromatic heterocycles. The molecule has 0 aliphatic rings. The summed E-state index contributed by atoms with van der Waals surface area (Å²) in [5.74, 6) is 0. The molecule has 0 atom stereocenters. The first kappa shape index (κ1) is 10.1. The zero-order valence-corrected chi connectivity index (χ0v) is 7.59. The van der Waals surface area contributed by atoms with Crippen LogP contribution in [0.3, 0.4) is 0 Å². The van der Waals surface area contributed by atoms with Gasteiger partial charge in [-0.2, -0.15) is 8.42 Å². The normalized spacial score (nSPS) is 11.5. The Balaban J connectivity index is 2.94. The molecular formula is C8H9FO3S. The van der Waals surface area contributed by atoms with Crippen molar-refractivity contribution in [2.24, 2.45) is 0 Å². The molecule has 5 heteroatoms. The van der Waals surface area contributed by atoms with E-state index in [2.05, 4.69) is 0 Å². The van der Waals surface area contributed by atoms with E-state index in [-0.39, 0.29) is 11.3 Å². The highest BCUT2D eigenvalue weighted by atomic mass is 32.2. The maximum Gasteiger partial charge on any atom is 0.294 e. The molecule has 13 heavy (non-hydrogen) atoms. The van der Waals surface area contributed by atoms with Gasteiger partial charge in [0.2, 0.25) is 0 Å². The zero-order chi connectivity index (χ0) is 9.90. The third kappa shape index (κ3) is 2.78. The van der Waals surface area contributed by atoms with Gasteiger partial charge in [0.05, 0.1) is 11.6 Å². The van der Waals surface area contributed by atoms with Gasteiger partial charge in [-0.15, -0.1) is 0 Å². The van der Waals surface area contributed by atoms with Gasteiger partial charge in [0.25, 0.3) is 10.1 Å². The Kier molecular flexibility index (Phi) is 3.00. The van der Waals surface area contributed by atoms with Crippen molar-refractivity contribution in [3.8, 4) is 0 Å². The second-order valence-corrected chi connectivity index (χ2v) is 3.98. The molecule has 1 aromatic rings. The van der Waals surface area contributed by atoms with Crippen molar-refractivity contribution >= 4 is 10.1 Å². The average Bonchev–Trinajstić information content (AvgIpc) is 2.04. The van der Waals surface area contributed by atoms with E-state index in [4.69, 9.17) is 4.55 Å². The molecule has 1 aromatic carbocycles. The lowest BCUT2D eigenvalue weighted by atomic mass is 10.2. The maximum absolute atomic E-state index is 11.8. The monoisotopic (exact) mass is 204 g/mol. The van der Waals surface area contributed by atoms with Gasteiger partial charge in [-0.3, -0.25) is 8.94 Å². The van der Waals surface area contributed by atoms with Crippen molar-refractivity contribution in [1.29, 1.82) is 0 Å². The highest BCUT2D eigenvalue weighted by molar-refractivity contribution is 7.85. The first-order chi connectivity index (χ1) is 6.04. The van der Waals surface area contributed by atoms with E-state index in [1.54, 1.807) is 0 Å². The van der Waals surface area contributed by atoms with Crippen LogP contribution in [-0.2, 0) is 16.5 Å². The zero-order valence-electron chi connectivity index (χ0n) is 6.77. The summed E-state index contributed by atoms with van der Waals surface area (Å²) in [5, 5.41) is 0. The molecule has 72 valence electrons. The average molecular weight is 204 g/mol. The van der Waals surface area contributed by atoms with Crippen LogP contribution in [0.25, 0.3) is 0 Å². The fourth-order valence-electron chi connectivity index (χ4n) is 0.937. The highest BCUT2D eigenvalue weighted by Gasteiger charge is 2.07. The smallest absolute Gasteiger partial charge is 0.282 e. The fraction of sp³-hybridized carbons (Fsp3) is 0.250. The molecule has 0 radical (unpaired) electrons. The quantitative estimate of drug-likeness (QED) is 0.758. The molecule has 0 saturated carbocycles. The number of aryl methyl sites for hydroxylation is 1. The predicted molar refractivity (Wildman–Crippen MR) is 45.9 cm³/mol. The van der Waals surface area contributed by atoms with E-state index in [0.717, 1.165) is 0 Å². The minimum Gasteiger partial charge on any atom is -0.282 e. The molecule has 1 rings (SSSR count). The summed E-state index contributed by atoms with van der Waals surface area (Å²) in [6, 6.07) is 5.45. The number of hydrogen-bond donors (Lipinski definition) is 1. The Labute approximate surface area is 76.0 Å². The van der Waals surface area contributed by atoms with E-state index < -0.39 is 16.8 Å². The minimum absolute atomic E-state index is 0.171. The molecular weight excluding hydrogens is 195 g/mol. The number of benzene rings is 1. The standard InChI is InChI=1S/C8H9FO3S/c9-6-5-7-1-3-8(4-2-7)13(10,11)12/h1-4H,5-6H2,(H,10,11,12). The number of alkyl halides is 1.